The number of hydrogen-bond donors (Lipinski definition) is 2. The molecular weight excluding hydrogens is 317 g/mol. The van der Waals surface area contributed by atoms with Gasteiger partial charge in [-0.3, -0.25) is 9.78 Å². The van der Waals surface area contributed by atoms with E-state index in [0.29, 0.717) is 5.69 Å². The number of halogens is 1. The average Bonchev–Trinajstić information content (AvgIpc) is 2.58. The first-order valence-electron chi connectivity index (χ1n) is 7.89. The van der Waals surface area contributed by atoms with Gasteiger partial charge in [-0.2, -0.15) is 0 Å². The van der Waals surface area contributed by atoms with Crippen LogP contribution in [0.2, 0.25) is 0 Å². The molecule has 3 aromatic rings. The number of aromatic nitrogens is 1. The van der Waals surface area contributed by atoms with E-state index in [2.05, 4.69) is 15.6 Å². The summed E-state index contributed by atoms with van der Waals surface area (Å²) < 4.78 is 13.2. The smallest absolute Gasteiger partial charge is 0.274 e. The molecule has 3 rings (SSSR count). The van der Waals surface area contributed by atoms with Crippen LogP contribution in [0.25, 0.3) is 0 Å². The third kappa shape index (κ3) is 4.01. The van der Waals surface area contributed by atoms with Gasteiger partial charge in [-0.1, -0.05) is 24.3 Å². The molecule has 1 heterocycles. The van der Waals surface area contributed by atoms with Crippen molar-refractivity contribution in [3.63, 3.8) is 0 Å². The van der Waals surface area contributed by atoms with Crippen molar-refractivity contribution >= 4 is 23.0 Å². The second-order valence-electron chi connectivity index (χ2n) is 5.79. The Balaban J connectivity index is 1.80. The number of amides is 1. The number of para-hydroxylation sites is 1. The van der Waals surface area contributed by atoms with Gasteiger partial charge in [0.1, 0.15) is 11.5 Å². The fraction of sp³-hybridized carbons (Fsp3) is 0.100. The highest BCUT2D eigenvalue weighted by Gasteiger charge is 2.10. The number of aryl methyl sites for hydroxylation is 2. The van der Waals surface area contributed by atoms with Gasteiger partial charge in [0.2, 0.25) is 0 Å². The van der Waals surface area contributed by atoms with Gasteiger partial charge in [-0.05, 0) is 55.3 Å². The molecule has 0 saturated carbocycles. The Hall–Kier alpha value is -3.21. The largest absolute Gasteiger partial charge is 0.355 e. The molecule has 5 heteroatoms. The number of anilines is 3. The third-order valence-corrected chi connectivity index (χ3v) is 3.83. The van der Waals surface area contributed by atoms with Crippen molar-refractivity contribution in [1.82, 2.24) is 4.98 Å². The average molecular weight is 335 g/mol. The minimum Gasteiger partial charge on any atom is -0.355 e. The van der Waals surface area contributed by atoms with Gasteiger partial charge in [0.15, 0.2) is 0 Å². The molecule has 0 aliphatic rings. The molecule has 0 saturated heterocycles. The van der Waals surface area contributed by atoms with Crippen molar-refractivity contribution < 1.29 is 9.18 Å². The maximum absolute atomic E-state index is 13.2. The predicted molar refractivity (Wildman–Crippen MR) is 97.8 cm³/mol. The molecule has 2 aromatic carbocycles. The predicted octanol–water partition coefficient (Wildman–Crippen LogP) is 4.83. The van der Waals surface area contributed by atoms with E-state index in [9.17, 15) is 9.18 Å². The number of benzene rings is 2. The summed E-state index contributed by atoms with van der Waals surface area (Å²) in [5, 5.41) is 5.97. The minimum absolute atomic E-state index is 0.250. The van der Waals surface area contributed by atoms with Crippen molar-refractivity contribution in [2.75, 3.05) is 10.6 Å². The summed E-state index contributed by atoms with van der Waals surface area (Å²) in [7, 11) is 0. The first kappa shape index (κ1) is 16.6. The minimum atomic E-state index is -0.406. The number of pyridine rings is 1. The van der Waals surface area contributed by atoms with Gasteiger partial charge < -0.3 is 10.6 Å². The molecule has 126 valence electrons. The molecule has 0 aliphatic carbocycles. The Morgan fingerprint density at radius 3 is 2.40 bits per heavy atom. The zero-order valence-corrected chi connectivity index (χ0v) is 14.0. The van der Waals surface area contributed by atoms with Gasteiger partial charge >= 0.3 is 0 Å². The quantitative estimate of drug-likeness (QED) is 0.718. The third-order valence-electron chi connectivity index (χ3n) is 3.83. The van der Waals surface area contributed by atoms with Crippen LogP contribution >= 0.6 is 0 Å². The highest BCUT2D eigenvalue weighted by molar-refractivity contribution is 6.03. The van der Waals surface area contributed by atoms with Crippen molar-refractivity contribution in [2.45, 2.75) is 13.8 Å². The summed E-state index contributed by atoms with van der Waals surface area (Å²) in [4.78, 5) is 16.4. The Kier molecular flexibility index (Phi) is 4.75. The van der Waals surface area contributed by atoms with Crippen LogP contribution in [0, 0.1) is 19.7 Å². The summed E-state index contributed by atoms with van der Waals surface area (Å²) in [6.07, 6.45) is 1.57. The van der Waals surface area contributed by atoms with E-state index < -0.39 is 11.7 Å². The number of hydrogen-bond acceptors (Lipinski definition) is 3. The monoisotopic (exact) mass is 335 g/mol. The molecule has 25 heavy (non-hydrogen) atoms. The van der Waals surface area contributed by atoms with Crippen LogP contribution in [0.4, 0.5) is 21.5 Å². The second kappa shape index (κ2) is 7.13. The van der Waals surface area contributed by atoms with E-state index >= 15 is 0 Å². The van der Waals surface area contributed by atoms with E-state index in [4.69, 9.17) is 0 Å². The van der Waals surface area contributed by atoms with Gasteiger partial charge in [-0.25, -0.2) is 4.39 Å². The van der Waals surface area contributed by atoms with Crippen LogP contribution in [0.1, 0.15) is 21.6 Å². The fourth-order valence-electron chi connectivity index (χ4n) is 2.55. The molecule has 0 atom stereocenters. The lowest BCUT2D eigenvalue weighted by Gasteiger charge is -2.13. The van der Waals surface area contributed by atoms with Crippen LogP contribution in [0.5, 0.6) is 0 Å². The molecule has 1 aromatic heterocycles. The van der Waals surface area contributed by atoms with Crippen LogP contribution < -0.4 is 10.6 Å². The van der Waals surface area contributed by atoms with E-state index in [0.717, 1.165) is 22.5 Å². The number of rotatable bonds is 4. The highest BCUT2D eigenvalue weighted by Crippen LogP contribution is 2.24. The number of carbonyl (C=O) groups excluding carboxylic acids is 1. The summed E-state index contributed by atoms with van der Waals surface area (Å²) in [6.45, 7) is 4.04. The normalized spacial score (nSPS) is 10.4. The zero-order valence-electron chi connectivity index (χ0n) is 14.0. The zero-order chi connectivity index (χ0) is 17.8. The highest BCUT2D eigenvalue weighted by atomic mass is 19.1. The van der Waals surface area contributed by atoms with Crippen LogP contribution in [0.15, 0.2) is 60.8 Å². The van der Waals surface area contributed by atoms with E-state index in [1.807, 2.05) is 32.0 Å². The SMILES string of the molecule is Cc1cccc(C)c1Nc1ccnc(C(=O)Nc2cccc(F)c2)c1. The lowest BCUT2D eigenvalue weighted by Crippen LogP contribution is -2.14. The van der Waals surface area contributed by atoms with E-state index in [1.54, 1.807) is 24.4 Å². The molecule has 1 amide bonds. The summed E-state index contributed by atoms with van der Waals surface area (Å²) in [5.41, 5.74) is 4.63. The number of nitrogens with zero attached hydrogens (tertiary/aromatic N) is 1. The number of nitrogens with one attached hydrogen (secondary N) is 2. The molecule has 0 aliphatic heterocycles. The maximum Gasteiger partial charge on any atom is 0.274 e. The summed E-state index contributed by atoms with van der Waals surface area (Å²) in [5.74, 6) is -0.799. The summed E-state index contributed by atoms with van der Waals surface area (Å²) in [6, 6.07) is 15.3. The first-order chi connectivity index (χ1) is 12.0. The van der Waals surface area contributed by atoms with Crippen molar-refractivity contribution in [3.8, 4) is 0 Å². The Labute approximate surface area is 145 Å². The lowest BCUT2D eigenvalue weighted by molar-refractivity contribution is 0.102. The second-order valence-corrected chi connectivity index (χ2v) is 5.79. The summed E-state index contributed by atoms with van der Waals surface area (Å²) >= 11 is 0. The first-order valence-corrected chi connectivity index (χ1v) is 7.89. The van der Waals surface area contributed by atoms with Crippen LogP contribution in [-0.4, -0.2) is 10.9 Å². The number of carbonyl (C=O) groups is 1. The molecule has 0 fully saturated rings. The standard InChI is InChI=1S/C20H18FN3O/c1-13-5-3-6-14(2)19(13)23-17-9-10-22-18(12-17)20(25)24-16-8-4-7-15(21)11-16/h3-12H,1-2H3,(H,22,23)(H,24,25). The molecule has 0 bridgehead atoms. The van der Waals surface area contributed by atoms with Crippen LogP contribution in [-0.2, 0) is 0 Å². The van der Waals surface area contributed by atoms with Gasteiger partial charge in [0.25, 0.3) is 5.91 Å². The van der Waals surface area contributed by atoms with Gasteiger partial charge in [0, 0.05) is 23.3 Å². The molecule has 0 unspecified atom stereocenters. The molecule has 0 spiro atoms. The van der Waals surface area contributed by atoms with E-state index in [-0.39, 0.29) is 5.69 Å². The van der Waals surface area contributed by atoms with E-state index in [1.165, 1.54) is 18.2 Å². The molecule has 0 radical (unpaired) electrons. The van der Waals surface area contributed by atoms with Crippen LogP contribution in [0.3, 0.4) is 0 Å². The maximum atomic E-state index is 13.2. The molecular formula is C20H18FN3O. The Morgan fingerprint density at radius 1 is 0.960 bits per heavy atom. The van der Waals surface area contributed by atoms with Crippen molar-refractivity contribution in [2.24, 2.45) is 0 Å². The Morgan fingerprint density at radius 2 is 1.68 bits per heavy atom. The molecule has 4 nitrogen and oxygen atoms in total. The topological polar surface area (TPSA) is 54.0 Å². The molecule has 2 N–H and O–H groups in total. The Bertz CT molecular complexity index is 904. The van der Waals surface area contributed by atoms with Crippen molar-refractivity contribution in [1.29, 1.82) is 0 Å². The fourth-order valence-corrected chi connectivity index (χ4v) is 2.55. The van der Waals surface area contributed by atoms with Crippen molar-refractivity contribution in [3.05, 3.63) is 83.4 Å². The lowest BCUT2D eigenvalue weighted by atomic mass is 10.1. The van der Waals surface area contributed by atoms with Gasteiger partial charge in [0.05, 0.1) is 0 Å². The van der Waals surface area contributed by atoms with Gasteiger partial charge in [-0.15, -0.1) is 0 Å².